The highest BCUT2D eigenvalue weighted by molar-refractivity contribution is 7.11. The molecule has 2 saturated carbocycles. The normalized spacial score (nSPS) is 21.8. The molecule has 0 aliphatic heterocycles. The number of hydrogen-bond acceptors (Lipinski definition) is 2. The fourth-order valence-electron chi connectivity index (χ4n) is 2.92. The van der Waals surface area contributed by atoms with Gasteiger partial charge in [0.25, 0.3) is 0 Å². The first-order valence-electron chi connectivity index (χ1n) is 7.49. The van der Waals surface area contributed by atoms with Crippen LogP contribution >= 0.6 is 22.9 Å². The van der Waals surface area contributed by atoms with Crippen molar-refractivity contribution < 1.29 is 0 Å². The van der Waals surface area contributed by atoms with Gasteiger partial charge in [0.2, 0.25) is 0 Å². The van der Waals surface area contributed by atoms with Gasteiger partial charge in [0, 0.05) is 22.8 Å². The largest absolute Gasteiger partial charge is 0.310 e. The van der Waals surface area contributed by atoms with Gasteiger partial charge >= 0.3 is 0 Å². The van der Waals surface area contributed by atoms with Crippen LogP contribution in [0.2, 0.25) is 5.02 Å². The first kappa shape index (κ1) is 13.7. The molecule has 0 aromatic carbocycles. The molecule has 1 heterocycles. The van der Waals surface area contributed by atoms with Crippen LogP contribution in [0.25, 0.3) is 6.08 Å². The summed E-state index contributed by atoms with van der Waals surface area (Å²) in [5, 5.41) is 6.58. The van der Waals surface area contributed by atoms with E-state index in [0.29, 0.717) is 0 Å². The maximum Gasteiger partial charge on any atom is 0.0519 e. The van der Waals surface area contributed by atoms with Crippen LogP contribution < -0.4 is 5.32 Å². The van der Waals surface area contributed by atoms with E-state index in [1.54, 1.807) is 16.9 Å². The van der Waals surface area contributed by atoms with E-state index in [4.69, 9.17) is 11.6 Å². The molecule has 1 aromatic heterocycles. The first-order valence-corrected chi connectivity index (χ1v) is 8.75. The fourth-order valence-corrected chi connectivity index (χ4v) is 3.97. The van der Waals surface area contributed by atoms with Gasteiger partial charge in [-0.25, -0.2) is 0 Å². The van der Waals surface area contributed by atoms with Gasteiger partial charge < -0.3 is 5.32 Å². The SMILES string of the molecule is Clc1csc(C=C(CNC2CC2)C2CCCCC2)c1. The molecule has 0 amide bonds. The van der Waals surface area contributed by atoms with Crippen molar-refractivity contribution in [2.24, 2.45) is 5.92 Å². The van der Waals surface area contributed by atoms with Crippen LogP contribution in [0, 0.1) is 5.92 Å². The van der Waals surface area contributed by atoms with Gasteiger partial charge in [0.15, 0.2) is 0 Å². The molecule has 0 bridgehead atoms. The summed E-state index contributed by atoms with van der Waals surface area (Å²) in [5.41, 5.74) is 1.60. The van der Waals surface area contributed by atoms with E-state index in [0.717, 1.165) is 23.5 Å². The fraction of sp³-hybridized carbons (Fsp3) is 0.625. The van der Waals surface area contributed by atoms with Gasteiger partial charge in [0.1, 0.15) is 0 Å². The highest BCUT2D eigenvalue weighted by Crippen LogP contribution is 2.32. The van der Waals surface area contributed by atoms with Crippen molar-refractivity contribution in [1.82, 2.24) is 5.32 Å². The molecule has 0 radical (unpaired) electrons. The molecule has 3 rings (SSSR count). The topological polar surface area (TPSA) is 12.0 Å². The van der Waals surface area contributed by atoms with Crippen LogP contribution in [0.15, 0.2) is 17.0 Å². The van der Waals surface area contributed by atoms with Crippen LogP contribution in [-0.2, 0) is 0 Å². The minimum atomic E-state index is 0.791. The van der Waals surface area contributed by atoms with Crippen molar-refractivity contribution in [3.63, 3.8) is 0 Å². The molecule has 1 nitrogen and oxygen atoms in total. The highest BCUT2D eigenvalue weighted by Gasteiger charge is 2.23. The quantitative estimate of drug-likeness (QED) is 0.795. The zero-order chi connectivity index (χ0) is 13.1. The summed E-state index contributed by atoms with van der Waals surface area (Å²) < 4.78 is 0. The molecule has 1 N–H and O–H groups in total. The van der Waals surface area contributed by atoms with Crippen LogP contribution in [0.3, 0.4) is 0 Å². The summed E-state index contributed by atoms with van der Waals surface area (Å²) >= 11 is 7.79. The Labute approximate surface area is 125 Å². The Bertz CT molecular complexity index is 441. The second-order valence-electron chi connectivity index (χ2n) is 5.88. The third-order valence-corrected chi connectivity index (χ3v) is 5.44. The Hall–Kier alpha value is -0.310. The van der Waals surface area contributed by atoms with E-state index in [2.05, 4.69) is 17.5 Å². The van der Waals surface area contributed by atoms with E-state index < -0.39 is 0 Å². The molecule has 0 atom stereocenters. The maximum atomic E-state index is 6.03. The number of rotatable bonds is 5. The summed E-state index contributed by atoms with van der Waals surface area (Å²) in [6.07, 6.45) is 12.1. The van der Waals surface area contributed by atoms with Crippen molar-refractivity contribution >= 4 is 29.0 Å². The van der Waals surface area contributed by atoms with E-state index in [9.17, 15) is 0 Å². The lowest BCUT2D eigenvalue weighted by Crippen LogP contribution is -2.23. The summed E-state index contributed by atoms with van der Waals surface area (Å²) in [5.74, 6) is 0.792. The Morgan fingerprint density at radius 2 is 2.05 bits per heavy atom. The lowest BCUT2D eigenvalue weighted by Gasteiger charge is -2.25. The minimum Gasteiger partial charge on any atom is -0.310 e. The summed E-state index contributed by atoms with van der Waals surface area (Å²) in [6, 6.07) is 2.88. The van der Waals surface area contributed by atoms with Crippen LogP contribution in [0.1, 0.15) is 49.8 Å². The Kier molecular flexibility index (Phi) is 4.62. The van der Waals surface area contributed by atoms with Crippen LogP contribution in [-0.4, -0.2) is 12.6 Å². The highest BCUT2D eigenvalue weighted by atomic mass is 35.5. The molecule has 1 aromatic rings. The number of hydrogen-bond donors (Lipinski definition) is 1. The lowest BCUT2D eigenvalue weighted by atomic mass is 9.83. The molecule has 2 fully saturated rings. The molecular weight excluding hydrogens is 274 g/mol. The van der Waals surface area contributed by atoms with Crippen LogP contribution in [0.5, 0.6) is 0 Å². The van der Waals surface area contributed by atoms with Gasteiger partial charge in [-0.2, -0.15) is 0 Å². The summed E-state index contributed by atoms with van der Waals surface area (Å²) in [6.45, 7) is 1.07. The average molecular weight is 296 g/mol. The Morgan fingerprint density at radius 1 is 1.26 bits per heavy atom. The molecule has 19 heavy (non-hydrogen) atoms. The zero-order valence-electron chi connectivity index (χ0n) is 11.3. The first-order chi connectivity index (χ1) is 9.31. The molecule has 3 heteroatoms. The molecule has 0 unspecified atom stereocenters. The van der Waals surface area contributed by atoms with Gasteiger partial charge in [0.05, 0.1) is 5.02 Å². The van der Waals surface area contributed by atoms with Crippen molar-refractivity contribution in [2.45, 2.75) is 51.0 Å². The van der Waals surface area contributed by atoms with Crippen molar-refractivity contribution in [3.05, 3.63) is 26.9 Å². The van der Waals surface area contributed by atoms with Crippen molar-refractivity contribution in [3.8, 4) is 0 Å². The number of nitrogens with one attached hydrogen (secondary N) is 1. The standard InChI is InChI=1S/C16H22ClNS/c17-14-9-16(19-11-14)8-13(10-18-15-6-7-15)12-4-2-1-3-5-12/h8-9,11-12,15,18H,1-7,10H2. The molecule has 2 aliphatic rings. The maximum absolute atomic E-state index is 6.03. The van der Waals surface area contributed by atoms with E-state index >= 15 is 0 Å². The smallest absolute Gasteiger partial charge is 0.0519 e. The Balaban J connectivity index is 1.71. The Morgan fingerprint density at radius 3 is 2.68 bits per heavy atom. The van der Waals surface area contributed by atoms with Gasteiger partial charge in [-0.3, -0.25) is 0 Å². The van der Waals surface area contributed by atoms with E-state index in [1.165, 1.54) is 49.8 Å². The predicted molar refractivity (Wildman–Crippen MR) is 84.9 cm³/mol. The monoisotopic (exact) mass is 295 g/mol. The third kappa shape index (κ3) is 4.08. The minimum absolute atomic E-state index is 0.791. The van der Waals surface area contributed by atoms with Gasteiger partial charge in [-0.15, -0.1) is 11.3 Å². The van der Waals surface area contributed by atoms with Crippen molar-refractivity contribution in [1.29, 1.82) is 0 Å². The van der Waals surface area contributed by atoms with E-state index in [1.807, 2.05) is 5.38 Å². The predicted octanol–water partition coefficient (Wildman–Crippen LogP) is 5.12. The number of halogens is 1. The zero-order valence-corrected chi connectivity index (χ0v) is 12.9. The number of thiophene rings is 1. The summed E-state index contributed by atoms with van der Waals surface area (Å²) in [4.78, 5) is 1.31. The molecule has 2 aliphatic carbocycles. The summed E-state index contributed by atoms with van der Waals surface area (Å²) in [7, 11) is 0. The second kappa shape index (κ2) is 6.43. The molecule has 104 valence electrons. The third-order valence-electron chi connectivity index (χ3n) is 4.22. The van der Waals surface area contributed by atoms with Gasteiger partial charge in [-0.05, 0) is 43.7 Å². The molecule has 0 spiro atoms. The molecular formula is C16H22ClNS. The second-order valence-corrected chi connectivity index (χ2v) is 7.26. The van der Waals surface area contributed by atoms with E-state index in [-0.39, 0.29) is 0 Å². The van der Waals surface area contributed by atoms with Crippen LogP contribution in [0.4, 0.5) is 0 Å². The van der Waals surface area contributed by atoms with Crippen molar-refractivity contribution in [2.75, 3.05) is 6.54 Å². The molecule has 0 saturated heterocycles. The average Bonchev–Trinajstić information content (AvgIpc) is 3.18. The lowest BCUT2D eigenvalue weighted by molar-refractivity contribution is 0.396. The van der Waals surface area contributed by atoms with Gasteiger partial charge in [-0.1, -0.05) is 36.4 Å².